The van der Waals surface area contributed by atoms with E-state index in [1.807, 2.05) is 92.7 Å². The van der Waals surface area contributed by atoms with Crippen molar-refractivity contribution < 1.29 is 9.53 Å². The van der Waals surface area contributed by atoms with Crippen LogP contribution in [-0.2, 0) is 6.54 Å². The van der Waals surface area contributed by atoms with Gasteiger partial charge in [0, 0.05) is 16.0 Å². The van der Waals surface area contributed by atoms with Gasteiger partial charge in [0.25, 0.3) is 5.56 Å². The number of hydrogen-bond acceptors (Lipinski definition) is 5. The number of carbonyl (C=O) groups is 1. The third kappa shape index (κ3) is 4.53. The maximum absolute atomic E-state index is 13.5. The monoisotopic (exact) mass is 480 g/mol. The van der Waals surface area contributed by atoms with Gasteiger partial charge in [-0.25, -0.2) is 4.98 Å². The summed E-state index contributed by atoms with van der Waals surface area (Å²) in [5.74, 6) is 0.648. The molecule has 0 N–H and O–H groups in total. The molecular formula is C29H24N2O3S. The molecule has 0 radical (unpaired) electrons. The first-order chi connectivity index (χ1) is 17.0. The molecular weight excluding hydrogens is 456 g/mol. The zero-order valence-corrected chi connectivity index (χ0v) is 20.3. The molecule has 0 amide bonds. The van der Waals surface area contributed by atoms with Gasteiger partial charge in [-0.1, -0.05) is 66.7 Å². The minimum atomic E-state index is -0.211. The third-order valence-electron chi connectivity index (χ3n) is 5.94. The summed E-state index contributed by atoms with van der Waals surface area (Å²) in [6.07, 6.45) is 1.47. The molecule has 3 aromatic carbocycles. The van der Waals surface area contributed by atoms with Crippen LogP contribution in [0.3, 0.4) is 0 Å². The predicted octanol–water partition coefficient (Wildman–Crippen LogP) is 6.38. The van der Waals surface area contributed by atoms with Gasteiger partial charge in [-0.05, 0) is 42.7 Å². The van der Waals surface area contributed by atoms with Crippen LogP contribution in [0.5, 0.6) is 5.75 Å². The number of nitrogens with zero attached hydrogens (tertiary/aromatic N) is 2. The van der Waals surface area contributed by atoms with E-state index in [2.05, 4.69) is 4.98 Å². The van der Waals surface area contributed by atoms with Crippen LogP contribution >= 0.6 is 11.3 Å². The summed E-state index contributed by atoms with van der Waals surface area (Å²) < 4.78 is 6.95. The molecule has 0 atom stereocenters. The number of aromatic nitrogens is 2. The van der Waals surface area contributed by atoms with Crippen LogP contribution in [0.1, 0.15) is 22.2 Å². The highest BCUT2D eigenvalue weighted by atomic mass is 32.1. The number of carbonyl (C=O) groups excluding carboxylic acids is 1. The van der Waals surface area contributed by atoms with E-state index in [1.54, 1.807) is 0 Å². The molecule has 0 unspecified atom stereocenters. The van der Waals surface area contributed by atoms with Crippen molar-refractivity contribution in [2.45, 2.75) is 20.4 Å². The Morgan fingerprint density at radius 2 is 1.57 bits per heavy atom. The molecule has 0 saturated heterocycles. The number of thiophene rings is 1. The Labute approximate surface area is 207 Å². The van der Waals surface area contributed by atoms with Crippen molar-refractivity contribution in [3.8, 4) is 28.0 Å². The van der Waals surface area contributed by atoms with Gasteiger partial charge in [0.2, 0.25) is 0 Å². The Morgan fingerprint density at radius 1 is 0.914 bits per heavy atom. The fraction of sp³-hybridized carbons (Fsp3) is 0.138. The predicted molar refractivity (Wildman–Crippen MR) is 141 cm³/mol. The second kappa shape index (κ2) is 9.68. The Morgan fingerprint density at radius 3 is 2.26 bits per heavy atom. The average Bonchev–Trinajstić information content (AvgIpc) is 3.23. The molecule has 174 valence electrons. The van der Waals surface area contributed by atoms with Gasteiger partial charge in [0.1, 0.15) is 10.6 Å². The maximum Gasteiger partial charge on any atom is 0.263 e. The van der Waals surface area contributed by atoms with Crippen molar-refractivity contribution in [1.29, 1.82) is 0 Å². The molecule has 6 heteroatoms. The fourth-order valence-corrected chi connectivity index (χ4v) is 5.21. The number of rotatable bonds is 7. The van der Waals surface area contributed by atoms with Gasteiger partial charge in [-0.15, -0.1) is 11.3 Å². The zero-order valence-electron chi connectivity index (χ0n) is 19.5. The number of benzene rings is 3. The first-order valence-corrected chi connectivity index (χ1v) is 12.3. The molecule has 0 aliphatic heterocycles. The van der Waals surface area contributed by atoms with Gasteiger partial charge < -0.3 is 4.74 Å². The van der Waals surface area contributed by atoms with Crippen molar-refractivity contribution >= 4 is 27.3 Å². The molecule has 0 bridgehead atoms. The normalized spacial score (nSPS) is 11.0. The molecule has 0 spiro atoms. The van der Waals surface area contributed by atoms with Crippen molar-refractivity contribution in [2.24, 2.45) is 0 Å². The summed E-state index contributed by atoms with van der Waals surface area (Å²) in [5.41, 5.74) is 4.27. The van der Waals surface area contributed by atoms with E-state index in [0.717, 1.165) is 32.9 Å². The highest BCUT2D eigenvalue weighted by Gasteiger charge is 2.18. The molecule has 0 saturated carbocycles. The number of Topliss-reactive ketones (excluding diaryl/α,β-unsaturated/α-hetero) is 1. The van der Waals surface area contributed by atoms with Crippen LogP contribution in [0.4, 0.5) is 0 Å². The minimum Gasteiger partial charge on any atom is -0.494 e. The van der Waals surface area contributed by atoms with Crippen LogP contribution in [0.25, 0.3) is 32.5 Å². The zero-order chi connectivity index (χ0) is 24.4. The number of aryl methyl sites for hydroxylation is 1. The Hall–Kier alpha value is -4.03. The SMILES string of the molecule is CCOc1ccc(-c2c(C)sc3ncn(CC(=O)c4ccc(-c5ccccc5)cc4)c(=O)c23)cc1. The molecule has 5 rings (SSSR count). The summed E-state index contributed by atoms with van der Waals surface area (Å²) in [7, 11) is 0. The minimum absolute atomic E-state index is 0.0654. The van der Waals surface area contributed by atoms with E-state index in [1.165, 1.54) is 22.2 Å². The lowest BCUT2D eigenvalue weighted by Crippen LogP contribution is -2.24. The summed E-state index contributed by atoms with van der Waals surface area (Å²) in [6.45, 7) is 4.46. The molecule has 35 heavy (non-hydrogen) atoms. The largest absolute Gasteiger partial charge is 0.494 e. The third-order valence-corrected chi connectivity index (χ3v) is 6.95. The Kier molecular flexibility index (Phi) is 6.29. The molecule has 0 aliphatic carbocycles. The standard InChI is InChI=1S/C29H24N2O3S/c1-3-34-24-15-13-23(14-16-24)26-19(2)35-28-27(26)29(33)31(18-30-28)17-25(32)22-11-9-21(10-12-22)20-7-5-4-6-8-20/h4-16,18H,3,17H2,1-2H3. The maximum atomic E-state index is 13.5. The van der Waals surface area contributed by atoms with Crippen molar-refractivity contribution in [1.82, 2.24) is 9.55 Å². The van der Waals surface area contributed by atoms with Gasteiger partial charge >= 0.3 is 0 Å². The number of ketones is 1. The van der Waals surface area contributed by atoms with Crippen LogP contribution in [-0.4, -0.2) is 21.9 Å². The molecule has 2 aromatic heterocycles. The van der Waals surface area contributed by atoms with E-state index in [-0.39, 0.29) is 17.9 Å². The van der Waals surface area contributed by atoms with Crippen molar-refractivity contribution in [3.05, 3.63) is 106 Å². The van der Waals surface area contributed by atoms with Crippen molar-refractivity contribution in [2.75, 3.05) is 6.61 Å². The van der Waals surface area contributed by atoms with E-state index < -0.39 is 0 Å². The topological polar surface area (TPSA) is 61.2 Å². The van der Waals surface area contributed by atoms with E-state index in [4.69, 9.17) is 4.74 Å². The molecule has 0 fully saturated rings. The fourth-order valence-electron chi connectivity index (χ4n) is 4.21. The summed E-state index contributed by atoms with van der Waals surface area (Å²) in [5, 5.41) is 0.548. The average molecular weight is 481 g/mol. The highest BCUT2D eigenvalue weighted by Crippen LogP contribution is 2.36. The summed E-state index contributed by atoms with van der Waals surface area (Å²) in [4.78, 5) is 32.7. The Balaban J connectivity index is 1.45. The highest BCUT2D eigenvalue weighted by molar-refractivity contribution is 7.19. The quantitative estimate of drug-likeness (QED) is 0.254. The first kappa shape index (κ1) is 22.7. The van der Waals surface area contributed by atoms with E-state index in [9.17, 15) is 9.59 Å². The van der Waals surface area contributed by atoms with Crippen molar-refractivity contribution in [3.63, 3.8) is 0 Å². The van der Waals surface area contributed by atoms with E-state index in [0.29, 0.717) is 22.4 Å². The number of fused-ring (bicyclic) bond motifs is 1. The summed E-state index contributed by atoms with van der Waals surface area (Å²) >= 11 is 1.49. The molecule has 5 nitrogen and oxygen atoms in total. The summed E-state index contributed by atoms with van der Waals surface area (Å²) in [6, 6.07) is 25.2. The van der Waals surface area contributed by atoms with Crippen LogP contribution < -0.4 is 10.3 Å². The van der Waals surface area contributed by atoms with E-state index >= 15 is 0 Å². The molecule has 2 heterocycles. The lowest BCUT2D eigenvalue weighted by atomic mass is 10.0. The second-order valence-electron chi connectivity index (χ2n) is 8.21. The van der Waals surface area contributed by atoms with Gasteiger partial charge in [-0.2, -0.15) is 0 Å². The van der Waals surface area contributed by atoms with Gasteiger partial charge in [0.05, 0.1) is 24.9 Å². The lowest BCUT2D eigenvalue weighted by molar-refractivity contribution is 0.0970. The van der Waals surface area contributed by atoms with Gasteiger partial charge in [0.15, 0.2) is 5.78 Å². The molecule has 5 aromatic rings. The smallest absolute Gasteiger partial charge is 0.263 e. The van der Waals surface area contributed by atoms with Crippen LogP contribution in [0.2, 0.25) is 0 Å². The molecule has 0 aliphatic rings. The number of hydrogen-bond donors (Lipinski definition) is 0. The van der Waals surface area contributed by atoms with Crippen LogP contribution in [0.15, 0.2) is 90.0 Å². The number of ether oxygens (including phenoxy) is 1. The van der Waals surface area contributed by atoms with Gasteiger partial charge in [-0.3, -0.25) is 14.2 Å². The van der Waals surface area contributed by atoms with Crippen LogP contribution in [0, 0.1) is 6.92 Å². The second-order valence-corrected chi connectivity index (χ2v) is 9.42. The lowest BCUT2D eigenvalue weighted by Gasteiger charge is -2.08. The Bertz CT molecular complexity index is 1550. The first-order valence-electron chi connectivity index (χ1n) is 11.5.